The van der Waals surface area contributed by atoms with Crippen molar-refractivity contribution in [1.29, 1.82) is 0 Å². The lowest BCUT2D eigenvalue weighted by molar-refractivity contribution is -0.142. The zero-order valence-corrected chi connectivity index (χ0v) is 11.0. The number of hydrogen-bond acceptors (Lipinski definition) is 5. The molecule has 8 heteroatoms. The van der Waals surface area contributed by atoms with Gasteiger partial charge in [0, 0.05) is 0 Å². The molecule has 0 saturated heterocycles. The third kappa shape index (κ3) is 4.92. The maximum Gasteiger partial charge on any atom is 0.328 e. The minimum absolute atomic E-state index is 0.189. The molecule has 1 rings (SSSR count). The fourth-order valence-corrected chi connectivity index (χ4v) is 1.36. The van der Waals surface area contributed by atoms with Crippen LogP contribution >= 0.6 is 0 Å². The molecule has 108 valence electrons. The van der Waals surface area contributed by atoms with Crippen molar-refractivity contribution in [3.8, 4) is 0 Å². The molecule has 0 aliphatic heterocycles. The normalized spacial score (nSPS) is 11.3. The summed E-state index contributed by atoms with van der Waals surface area (Å²) < 4.78 is 4.47. The van der Waals surface area contributed by atoms with Gasteiger partial charge in [-0.1, -0.05) is 0 Å². The number of pyridine rings is 1. The van der Waals surface area contributed by atoms with Gasteiger partial charge in [0.05, 0.1) is 31.1 Å². The van der Waals surface area contributed by atoms with Crippen LogP contribution in [0.25, 0.3) is 0 Å². The standard InChI is InChI=1S/C12H15N3O5/c1-7(11(18)20-2)14-12(19)15-9-4-3-8(13-6-9)5-10(16)17/h3-4,6-7H,5H2,1-2H3,(H,16,17)(H2,14,15,19). The highest BCUT2D eigenvalue weighted by molar-refractivity contribution is 5.92. The lowest BCUT2D eigenvalue weighted by Crippen LogP contribution is -2.41. The molecule has 1 aromatic rings. The molecule has 0 aromatic carbocycles. The van der Waals surface area contributed by atoms with Gasteiger partial charge in [-0.05, 0) is 19.1 Å². The number of methoxy groups -OCH3 is 1. The van der Waals surface area contributed by atoms with Crippen LogP contribution in [0.15, 0.2) is 18.3 Å². The summed E-state index contributed by atoms with van der Waals surface area (Å²) in [7, 11) is 1.23. The van der Waals surface area contributed by atoms with Gasteiger partial charge in [-0.15, -0.1) is 0 Å². The van der Waals surface area contributed by atoms with E-state index in [2.05, 4.69) is 20.4 Å². The number of carboxylic acid groups (broad SMARTS) is 1. The predicted molar refractivity (Wildman–Crippen MR) is 69.2 cm³/mol. The van der Waals surface area contributed by atoms with E-state index in [9.17, 15) is 14.4 Å². The Morgan fingerprint density at radius 2 is 2.10 bits per heavy atom. The third-order valence-corrected chi connectivity index (χ3v) is 2.32. The van der Waals surface area contributed by atoms with Gasteiger partial charge in [-0.25, -0.2) is 9.59 Å². The molecule has 0 fully saturated rings. The van der Waals surface area contributed by atoms with Crippen LogP contribution in [0.4, 0.5) is 10.5 Å². The molecule has 0 bridgehead atoms. The molecule has 0 spiro atoms. The Kier molecular flexibility index (Phi) is 5.45. The monoisotopic (exact) mass is 281 g/mol. The number of aliphatic carboxylic acids is 1. The fraction of sp³-hybridized carbons (Fsp3) is 0.333. The summed E-state index contributed by atoms with van der Waals surface area (Å²) in [6.07, 6.45) is 1.15. The number of aromatic nitrogens is 1. The quantitative estimate of drug-likeness (QED) is 0.672. The number of amides is 2. The molecule has 20 heavy (non-hydrogen) atoms. The van der Waals surface area contributed by atoms with Crippen LogP contribution in [-0.2, 0) is 20.7 Å². The second kappa shape index (κ2) is 7.07. The molecule has 0 saturated carbocycles. The smallest absolute Gasteiger partial charge is 0.328 e. The molecular formula is C12H15N3O5. The molecule has 0 aliphatic carbocycles. The summed E-state index contributed by atoms with van der Waals surface area (Å²) in [5, 5.41) is 13.4. The van der Waals surface area contributed by atoms with Crippen molar-refractivity contribution in [2.24, 2.45) is 0 Å². The zero-order chi connectivity index (χ0) is 15.1. The molecule has 3 N–H and O–H groups in total. The highest BCUT2D eigenvalue weighted by atomic mass is 16.5. The van der Waals surface area contributed by atoms with Crippen molar-refractivity contribution >= 4 is 23.7 Å². The Bertz CT molecular complexity index is 500. The number of carbonyl (C=O) groups excluding carboxylic acids is 2. The average Bonchev–Trinajstić information content (AvgIpc) is 2.39. The summed E-state index contributed by atoms with van der Waals surface area (Å²) in [6.45, 7) is 1.49. The first-order valence-corrected chi connectivity index (χ1v) is 5.74. The first-order chi connectivity index (χ1) is 9.42. The number of anilines is 1. The number of rotatable bonds is 5. The second-order valence-corrected chi connectivity index (χ2v) is 3.95. The van der Waals surface area contributed by atoms with Gasteiger partial charge >= 0.3 is 18.0 Å². The largest absolute Gasteiger partial charge is 0.481 e. The highest BCUT2D eigenvalue weighted by Crippen LogP contribution is 2.06. The fourth-order valence-electron chi connectivity index (χ4n) is 1.36. The third-order valence-electron chi connectivity index (χ3n) is 2.32. The Labute approximate surface area is 115 Å². The van der Waals surface area contributed by atoms with Crippen molar-refractivity contribution in [3.63, 3.8) is 0 Å². The van der Waals surface area contributed by atoms with E-state index >= 15 is 0 Å². The van der Waals surface area contributed by atoms with Crippen LogP contribution in [0, 0.1) is 0 Å². The van der Waals surface area contributed by atoms with E-state index in [0.29, 0.717) is 11.4 Å². The molecule has 1 unspecified atom stereocenters. The van der Waals surface area contributed by atoms with Gasteiger partial charge in [0.25, 0.3) is 0 Å². The molecule has 8 nitrogen and oxygen atoms in total. The first-order valence-electron chi connectivity index (χ1n) is 5.74. The summed E-state index contributed by atoms with van der Waals surface area (Å²) >= 11 is 0. The van der Waals surface area contributed by atoms with Crippen molar-refractivity contribution in [3.05, 3.63) is 24.0 Å². The van der Waals surface area contributed by atoms with Crippen LogP contribution in [0.1, 0.15) is 12.6 Å². The van der Waals surface area contributed by atoms with Crippen molar-refractivity contribution in [2.75, 3.05) is 12.4 Å². The van der Waals surface area contributed by atoms with Gasteiger partial charge in [0.2, 0.25) is 0 Å². The number of carboxylic acids is 1. The lowest BCUT2D eigenvalue weighted by atomic mass is 10.2. The number of ether oxygens (including phenoxy) is 1. The SMILES string of the molecule is COC(=O)C(C)NC(=O)Nc1ccc(CC(=O)O)nc1. The number of nitrogens with one attached hydrogen (secondary N) is 2. The van der Waals surface area contributed by atoms with E-state index in [1.165, 1.54) is 32.4 Å². The number of hydrogen-bond donors (Lipinski definition) is 3. The molecule has 0 aliphatic rings. The Morgan fingerprint density at radius 3 is 2.60 bits per heavy atom. The Morgan fingerprint density at radius 1 is 1.40 bits per heavy atom. The van der Waals surface area contributed by atoms with Crippen LogP contribution in [-0.4, -0.2) is 41.2 Å². The molecule has 1 heterocycles. The molecular weight excluding hydrogens is 266 g/mol. The maximum atomic E-state index is 11.6. The van der Waals surface area contributed by atoms with E-state index in [1.54, 1.807) is 0 Å². The summed E-state index contributed by atoms with van der Waals surface area (Å²) in [5.74, 6) is -1.54. The van der Waals surface area contributed by atoms with Crippen molar-refractivity contribution in [1.82, 2.24) is 10.3 Å². The number of carbonyl (C=O) groups is 3. The van der Waals surface area contributed by atoms with Gasteiger partial charge in [0.15, 0.2) is 0 Å². The number of esters is 1. The summed E-state index contributed by atoms with van der Waals surface area (Å²) in [6, 6.07) is 1.65. The van der Waals surface area contributed by atoms with Gasteiger partial charge < -0.3 is 20.5 Å². The van der Waals surface area contributed by atoms with Crippen molar-refractivity contribution in [2.45, 2.75) is 19.4 Å². The number of urea groups is 1. The predicted octanol–water partition coefficient (Wildman–Crippen LogP) is 0.392. The van der Waals surface area contributed by atoms with Crippen LogP contribution in [0.2, 0.25) is 0 Å². The van der Waals surface area contributed by atoms with Crippen LogP contribution in [0.3, 0.4) is 0 Å². The minimum Gasteiger partial charge on any atom is -0.481 e. The van der Waals surface area contributed by atoms with Gasteiger partial charge in [-0.3, -0.25) is 9.78 Å². The molecule has 1 aromatic heterocycles. The highest BCUT2D eigenvalue weighted by Gasteiger charge is 2.15. The first kappa shape index (κ1) is 15.4. The average molecular weight is 281 g/mol. The van der Waals surface area contributed by atoms with Gasteiger partial charge in [-0.2, -0.15) is 0 Å². The van der Waals surface area contributed by atoms with Gasteiger partial charge in [0.1, 0.15) is 6.04 Å². The topological polar surface area (TPSA) is 118 Å². The zero-order valence-electron chi connectivity index (χ0n) is 11.0. The maximum absolute atomic E-state index is 11.6. The summed E-state index contributed by atoms with van der Waals surface area (Å²) in [4.78, 5) is 37.0. The number of nitrogens with zero attached hydrogens (tertiary/aromatic N) is 1. The van der Waals surface area contributed by atoms with E-state index in [-0.39, 0.29) is 6.42 Å². The Hall–Kier alpha value is -2.64. The Balaban J connectivity index is 2.54. The second-order valence-electron chi connectivity index (χ2n) is 3.95. The van der Waals surface area contributed by atoms with Crippen LogP contribution in [0.5, 0.6) is 0 Å². The van der Waals surface area contributed by atoms with E-state index < -0.39 is 24.0 Å². The molecule has 2 amide bonds. The lowest BCUT2D eigenvalue weighted by Gasteiger charge is -2.12. The molecule has 0 radical (unpaired) electrons. The van der Waals surface area contributed by atoms with Crippen LogP contribution < -0.4 is 10.6 Å². The summed E-state index contributed by atoms with van der Waals surface area (Å²) in [5.41, 5.74) is 0.764. The minimum atomic E-state index is -0.983. The van der Waals surface area contributed by atoms with E-state index in [4.69, 9.17) is 5.11 Å². The molecule has 1 atom stereocenters. The van der Waals surface area contributed by atoms with Crippen molar-refractivity contribution < 1.29 is 24.2 Å². The van der Waals surface area contributed by atoms with E-state index in [0.717, 1.165) is 0 Å². The van der Waals surface area contributed by atoms with E-state index in [1.807, 2.05) is 0 Å².